The van der Waals surface area contributed by atoms with Gasteiger partial charge in [0.25, 0.3) is 0 Å². The maximum atomic E-state index is 11.1. The number of hydrogen-bond donors (Lipinski definition) is 1. The van der Waals surface area contributed by atoms with Crippen LogP contribution in [0.1, 0.15) is 63.0 Å². The average Bonchev–Trinajstić information content (AvgIpc) is 2.68. The molecule has 1 aliphatic heterocycles. The summed E-state index contributed by atoms with van der Waals surface area (Å²) in [7, 11) is -0.852. The van der Waals surface area contributed by atoms with Crippen molar-refractivity contribution in [2.24, 2.45) is 0 Å². The van der Waals surface area contributed by atoms with Crippen molar-refractivity contribution in [3.63, 3.8) is 0 Å². The van der Waals surface area contributed by atoms with Crippen LogP contribution in [0, 0.1) is 11.3 Å². The van der Waals surface area contributed by atoms with Crippen LogP contribution in [-0.4, -0.2) is 30.8 Å². The first-order valence-corrected chi connectivity index (χ1v) is 12.8. The van der Waals surface area contributed by atoms with Crippen LogP contribution in [0.15, 0.2) is 30.5 Å². The highest BCUT2D eigenvalue weighted by atomic mass is 28.3. The topological polar surface area (TPSA) is 84.6 Å². The lowest BCUT2D eigenvalue weighted by atomic mass is 9.84. The minimum Gasteiger partial charge on any atom is -0.485 e. The van der Waals surface area contributed by atoms with Crippen LogP contribution in [0.4, 0.5) is 0 Å². The highest BCUT2D eigenvalue weighted by Crippen LogP contribution is 2.44. The van der Waals surface area contributed by atoms with E-state index in [0.29, 0.717) is 29.4 Å². The number of nitriles is 1. The zero-order valence-corrected chi connectivity index (χ0v) is 20.3. The van der Waals surface area contributed by atoms with Crippen molar-refractivity contribution in [2.45, 2.75) is 77.5 Å². The Balaban J connectivity index is 2.09. The molecule has 1 aromatic carbocycles. The molecular formula is C24H31N2O4Si. The molecule has 0 saturated carbocycles. The van der Waals surface area contributed by atoms with E-state index in [1.54, 1.807) is 24.4 Å². The first-order valence-electron chi connectivity index (χ1n) is 10.4. The molecule has 1 N–H and O–H groups in total. The lowest BCUT2D eigenvalue weighted by Gasteiger charge is -2.42. The van der Waals surface area contributed by atoms with Crippen molar-refractivity contribution >= 4 is 9.04 Å². The van der Waals surface area contributed by atoms with E-state index in [0.717, 1.165) is 11.1 Å². The molecule has 2 aromatic rings. The van der Waals surface area contributed by atoms with Gasteiger partial charge in [0.1, 0.15) is 17.5 Å². The highest BCUT2D eigenvalue weighted by Gasteiger charge is 2.45. The molecule has 1 radical (unpaired) electrons. The number of hydrogen-bond acceptors (Lipinski definition) is 6. The molecule has 1 aromatic heterocycles. The van der Waals surface area contributed by atoms with Crippen LogP contribution in [-0.2, 0) is 16.4 Å². The summed E-state index contributed by atoms with van der Waals surface area (Å²) in [6, 6.07) is 9.28. The molecule has 31 heavy (non-hydrogen) atoms. The van der Waals surface area contributed by atoms with Gasteiger partial charge < -0.3 is 19.0 Å². The molecule has 165 valence electrons. The average molecular weight is 440 g/mol. The van der Waals surface area contributed by atoms with Gasteiger partial charge >= 0.3 is 0 Å². The Labute approximate surface area is 186 Å². The van der Waals surface area contributed by atoms with Gasteiger partial charge in [-0.3, -0.25) is 0 Å². The summed E-state index contributed by atoms with van der Waals surface area (Å²) in [5.74, 6) is 1.06. The Hall–Kier alpha value is -2.40. The van der Waals surface area contributed by atoms with Gasteiger partial charge in [0.2, 0.25) is 14.9 Å². The molecule has 2 atom stereocenters. The minimum absolute atomic E-state index is 0.250. The van der Waals surface area contributed by atoms with Gasteiger partial charge in [-0.05, 0) is 62.2 Å². The van der Waals surface area contributed by atoms with Crippen LogP contribution >= 0.6 is 0 Å². The largest absolute Gasteiger partial charge is 0.485 e. The zero-order valence-electron chi connectivity index (χ0n) is 19.3. The van der Waals surface area contributed by atoms with Gasteiger partial charge in [0.05, 0.1) is 18.2 Å². The van der Waals surface area contributed by atoms with E-state index in [1.165, 1.54) is 0 Å². The third-order valence-corrected chi connectivity index (χ3v) is 6.05. The first kappa shape index (κ1) is 23.3. The third kappa shape index (κ3) is 4.92. The molecule has 2 heterocycles. The van der Waals surface area contributed by atoms with Crippen LogP contribution in [0.5, 0.6) is 11.6 Å². The number of aliphatic hydroxyl groups excluding tert-OH is 1. The summed E-state index contributed by atoms with van der Waals surface area (Å²) in [4.78, 5) is 4.54. The lowest BCUT2D eigenvalue weighted by molar-refractivity contribution is -0.104. The van der Waals surface area contributed by atoms with Gasteiger partial charge in [0, 0.05) is 17.3 Å². The molecule has 0 amide bonds. The molecule has 0 fully saturated rings. The van der Waals surface area contributed by atoms with E-state index < -0.39 is 26.8 Å². The molecule has 0 aliphatic carbocycles. The zero-order chi connectivity index (χ0) is 23.0. The summed E-state index contributed by atoms with van der Waals surface area (Å²) in [6.45, 7) is 14.7. The summed E-state index contributed by atoms with van der Waals surface area (Å²) in [5.41, 5.74) is 1.98. The van der Waals surface area contributed by atoms with Crippen LogP contribution < -0.4 is 9.47 Å². The number of rotatable bonds is 5. The molecule has 3 rings (SSSR count). The lowest BCUT2D eigenvalue weighted by Crippen LogP contribution is -2.50. The van der Waals surface area contributed by atoms with Gasteiger partial charge in [-0.25, -0.2) is 4.98 Å². The molecular weight excluding hydrogens is 408 g/mol. The van der Waals surface area contributed by atoms with Crippen molar-refractivity contribution in [3.8, 4) is 17.7 Å². The van der Waals surface area contributed by atoms with Crippen LogP contribution in [0.3, 0.4) is 0 Å². The van der Waals surface area contributed by atoms with Crippen molar-refractivity contribution in [3.05, 3.63) is 52.7 Å². The second-order valence-electron chi connectivity index (χ2n) is 9.65. The van der Waals surface area contributed by atoms with E-state index in [-0.39, 0.29) is 5.41 Å². The summed E-state index contributed by atoms with van der Waals surface area (Å²) in [6.07, 6.45) is 0.0307. The number of aromatic nitrogens is 1. The van der Waals surface area contributed by atoms with Gasteiger partial charge in [-0.2, -0.15) is 5.26 Å². The van der Waals surface area contributed by atoms with E-state index in [2.05, 4.69) is 44.9 Å². The maximum Gasteiger partial charge on any atom is 0.218 e. The third-order valence-electron chi connectivity index (χ3n) is 5.32. The number of fused-ring (bicyclic) bond motifs is 1. The highest BCUT2D eigenvalue weighted by molar-refractivity contribution is 6.48. The molecule has 0 unspecified atom stereocenters. The van der Waals surface area contributed by atoms with Gasteiger partial charge in [0.15, 0.2) is 6.10 Å². The number of pyridine rings is 1. The van der Waals surface area contributed by atoms with E-state index in [4.69, 9.17) is 13.9 Å². The second-order valence-corrected chi connectivity index (χ2v) is 11.8. The normalized spacial score (nSPS) is 20.0. The SMILES string of the molecule is C[Si](C)OCc1ccnc(O[C@H]2c3cc(C#N)ccc3OC(C)(C)[C@@H]2O)c1C(C)(C)C. The van der Waals surface area contributed by atoms with Crippen LogP contribution in [0.25, 0.3) is 0 Å². The summed E-state index contributed by atoms with van der Waals surface area (Å²) in [5, 5.41) is 20.5. The monoisotopic (exact) mass is 439 g/mol. The fourth-order valence-corrected chi connectivity index (χ4v) is 4.22. The van der Waals surface area contributed by atoms with Crippen molar-refractivity contribution < 1.29 is 19.0 Å². The Kier molecular flexibility index (Phi) is 6.47. The molecule has 0 bridgehead atoms. The van der Waals surface area contributed by atoms with Crippen molar-refractivity contribution in [1.29, 1.82) is 5.26 Å². The fourth-order valence-electron chi connectivity index (χ4n) is 3.77. The summed E-state index contributed by atoms with van der Waals surface area (Å²) >= 11 is 0. The Morgan fingerprint density at radius 3 is 2.58 bits per heavy atom. The fraction of sp³-hybridized carbons (Fsp3) is 0.500. The van der Waals surface area contributed by atoms with E-state index >= 15 is 0 Å². The minimum atomic E-state index is -0.954. The predicted molar refractivity (Wildman–Crippen MR) is 120 cm³/mol. The standard InChI is InChI=1S/C24H31N2O4Si/c1-23(2,3)19-16(14-28-31(6)7)10-11-26-22(19)29-20-17-12-15(13-25)8-9-18(17)30-24(4,5)21(20)27/h8-12,20-21,27H,14H2,1-7H3/t20-,21+/m0/s1. The second kappa shape index (κ2) is 8.62. The number of nitrogens with zero attached hydrogens (tertiary/aromatic N) is 2. The Morgan fingerprint density at radius 1 is 1.26 bits per heavy atom. The molecule has 6 nitrogen and oxygen atoms in total. The molecule has 0 saturated heterocycles. The number of ether oxygens (including phenoxy) is 2. The Morgan fingerprint density at radius 2 is 1.97 bits per heavy atom. The Bertz CT molecular complexity index is 992. The molecule has 7 heteroatoms. The first-order chi connectivity index (χ1) is 14.4. The predicted octanol–water partition coefficient (Wildman–Crippen LogP) is 4.67. The number of aliphatic hydroxyl groups is 1. The smallest absolute Gasteiger partial charge is 0.218 e. The maximum absolute atomic E-state index is 11.1. The molecule has 0 spiro atoms. The van der Waals surface area contributed by atoms with Crippen LogP contribution in [0.2, 0.25) is 13.1 Å². The van der Waals surface area contributed by atoms with Crippen molar-refractivity contribution in [1.82, 2.24) is 4.98 Å². The van der Waals surface area contributed by atoms with E-state index in [1.807, 2.05) is 19.9 Å². The molecule has 1 aliphatic rings. The number of benzene rings is 1. The van der Waals surface area contributed by atoms with Gasteiger partial charge in [-0.15, -0.1) is 0 Å². The van der Waals surface area contributed by atoms with Gasteiger partial charge in [-0.1, -0.05) is 20.8 Å². The summed E-state index contributed by atoms with van der Waals surface area (Å²) < 4.78 is 18.4. The quantitative estimate of drug-likeness (QED) is 0.682. The van der Waals surface area contributed by atoms with Crippen molar-refractivity contribution in [2.75, 3.05) is 0 Å². The van der Waals surface area contributed by atoms with E-state index in [9.17, 15) is 10.4 Å².